The molecule has 0 atom stereocenters. The van der Waals surface area contributed by atoms with Crippen LogP contribution in [0.3, 0.4) is 0 Å². The molecule has 32 heavy (non-hydrogen) atoms. The van der Waals surface area contributed by atoms with E-state index in [1.54, 1.807) is 4.90 Å². The molecule has 15 heteroatoms. The first-order valence-corrected chi connectivity index (χ1v) is 11.6. The topological polar surface area (TPSA) is 84.3 Å². The molecule has 0 radical (unpaired) electrons. The fourth-order valence-corrected chi connectivity index (χ4v) is 3.69. The van der Waals surface area contributed by atoms with Crippen LogP contribution in [0.1, 0.15) is 20.8 Å². The number of rotatable bonds is 1. The highest BCUT2D eigenvalue weighted by molar-refractivity contribution is 6.47. The third-order valence-electron chi connectivity index (χ3n) is 3.74. The number of halogens is 7. The normalized spacial score (nSPS) is 14.1. The maximum absolute atomic E-state index is 12.0. The molecule has 2 aromatic heterocycles. The Labute approximate surface area is 220 Å². The van der Waals surface area contributed by atoms with E-state index in [1.807, 2.05) is 25.7 Å². The van der Waals surface area contributed by atoms with Gasteiger partial charge >= 0.3 is 6.09 Å². The van der Waals surface area contributed by atoms with Gasteiger partial charge in [-0.3, -0.25) is 0 Å². The lowest BCUT2D eigenvalue weighted by Crippen LogP contribution is -2.50. The molecular formula is C17H17Cl7N6O2. The molecule has 3 heterocycles. The van der Waals surface area contributed by atoms with Crippen LogP contribution >= 0.6 is 81.2 Å². The first kappa shape index (κ1) is 27.5. The summed E-state index contributed by atoms with van der Waals surface area (Å²) in [5.41, 5.74) is -0.509. The van der Waals surface area contributed by atoms with Gasteiger partial charge in [0.25, 0.3) is 0 Å². The molecule has 0 aliphatic carbocycles. The Kier molecular flexibility index (Phi) is 9.97. The Hall–Kier alpha value is -0.740. The number of ether oxygens (including phenoxy) is 1. The summed E-state index contributed by atoms with van der Waals surface area (Å²) in [6.45, 7) is 7.64. The number of carbonyl (C=O) groups is 1. The van der Waals surface area contributed by atoms with E-state index in [1.165, 1.54) is 0 Å². The van der Waals surface area contributed by atoms with Gasteiger partial charge in [-0.05, 0) is 44.0 Å². The van der Waals surface area contributed by atoms with Gasteiger partial charge in [0.15, 0.2) is 21.3 Å². The predicted octanol–water partition coefficient (Wildman–Crippen LogP) is 6.58. The summed E-state index contributed by atoms with van der Waals surface area (Å²) in [6.07, 6.45) is -0.322. The van der Waals surface area contributed by atoms with Gasteiger partial charge in [-0.2, -0.15) is 4.98 Å². The average Bonchev–Trinajstić information content (AvgIpc) is 2.68. The van der Waals surface area contributed by atoms with Gasteiger partial charge in [-0.1, -0.05) is 58.0 Å². The Balaban J connectivity index is 0.000000303. The van der Waals surface area contributed by atoms with E-state index in [2.05, 4.69) is 19.9 Å². The van der Waals surface area contributed by atoms with E-state index < -0.39 is 5.60 Å². The van der Waals surface area contributed by atoms with E-state index in [0.29, 0.717) is 32.0 Å². The van der Waals surface area contributed by atoms with Crippen molar-refractivity contribution in [3.63, 3.8) is 0 Å². The molecule has 0 N–H and O–H groups in total. The predicted molar refractivity (Wildman–Crippen MR) is 129 cm³/mol. The van der Waals surface area contributed by atoms with Gasteiger partial charge in [0, 0.05) is 26.2 Å². The highest BCUT2D eigenvalue weighted by Crippen LogP contribution is 2.31. The van der Waals surface area contributed by atoms with Crippen molar-refractivity contribution in [3.8, 4) is 0 Å². The summed E-state index contributed by atoms with van der Waals surface area (Å²) < 4.78 is 5.35. The second-order valence-electron chi connectivity index (χ2n) is 7.26. The standard InChI is InChI=1S/C13H17Cl3N4O2.C4Cl4N2/c1-13(2,3)22-12(21)20-6-4-19(5-7-20)10-8(14)9(15)17-11(16)18-10;5-1-2(6)9-4(8)10-3(1)7/h4-7H2,1-3H3;. The SMILES string of the molecule is CC(C)(C)OC(=O)N1CCN(c2nc(Cl)nc(Cl)c2Cl)CC1.Clc1nc(Cl)c(Cl)c(Cl)n1. The number of piperazine rings is 1. The van der Waals surface area contributed by atoms with E-state index in [0.717, 1.165) is 0 Å². The maximum Gasteiger partial charge on any atom is 0.410 e. The molecule has 1 aliphatic heterocycles. The van der Waals surface area contributed by atoms with E-state index >= 15 is 0 Å². The minimum absolute atomic E-state index is 0.0144. The molecule has 0 bridgehead atoms. The molecule has 0 aromatic carbocycles. The fraction of sp³-hybridized carbons (Fsp3) is 0.471. The highest BCUT2D eigenvalue weighted by Gasteiger charge is 2.27. The molecule has 8 nitrogen and oxygen atoms in total. The minimum atomic E-state index is -0.509. The molecular weight excluding hydrogens is 568 g/mol. The molecule has 0 spiro atoms. The summed E-state index contributed by atoms with van der Waals surface area (Å²) in [6, 6.07) is 0. The third kappa shape index (κ3) is 7.94. The number of nitrogens with zero attached hydrogens (tertiary/aromatic N) is 6. The van der Waals surface area contributed by atoms with Crippen LogP contribution in [0.2, 0.25) is 36.1 Å². The molecule has 176 valence electrons. The lowest BCUT2D eigenvalue weighted by Gasteiger charge is -2.36. The van der Waals surface area contributed by atoms with Gasteiger partial charge in [-0.25, -0.2) is 19.7 Å². The zero-order chi connectivity index (χ0) is 24.2. The van der Waals surface area contributed by atoms with Crippen LogP contribution in [0.4, 0.5) is 10.6 Å². The number of anilines is 1. The number of amides is 1. The Morgan fingerprint density at radius 1 is 0.750 bits per heavy atom. The molecule has 1 aliphatic rings. The quantitative estimate of drug-likeness (QED) is 0.276. The van der Waals surface area contributed by atoms with Crippen molar-refractivity contribution in [2.45, 2.75) is 26.4 Å². The van der Waals surface area contributed by atoms with Crippen molar-refractivity contribution >= 4 is 93.1 Å². The van der Waals surface area contributed by atoms with Crippen molar-refractivity contribution in [3.05, 3.63) is 36.1 Å². The van der Waals surface area contributed by atoms with Gasteiger partial charge in [0.2, 0.25) is 10.6 Å². The molecule has 1 saturated heterocycles. The van der Waals surface area contributed by atoms with Gasteiger partial charge in [0.05, 0.1) is 0 Å². The molecule has 1 fully saturated rings. The van der Waals surface area contributed by atoms with Crippen molar-refractivity contribution in [2.75, 3.05) is 31.1 Å². The van der Waals surface area contributed by atoms with Crippen molar-refractivity contribution in [2.24, 2.45) is 0 Å². The summed E-state index contributed by atoms with van der Waals surface area (Å²) in [4.78, 5) is 30.6. The highest BCUT2D eigenvalue weighted by atomic mass is 35.5. The van der Waals surface area contributed by atoms with Crippen LogP contribution in [-0.4, -0.2) is 62.7 Å². The number of carbonyl (C=O) groups excluding carboxylic acids is 1. The molecule has 3 rings (SSSR count). The van der Waals surface area contributed by atoms with Crippen LogP contribution in [0.5, 0.6) is 0 Å². The van der Waals surface area contributed by atoms with E-state index in [-0.39, 0.29) is 42.2 Å². The van der Waals surface area contributed by atoms with Crippen LogP contribution in [0.25, 0.3) is 0 Å². The number of hydrogen-bond acceptors (Lipinski definition) is 7. The molecule has 0 saturated carbocycles. The molecule has 0 unspecified atom stereocenters. The van der Waals surface area contributed by atoms with Gasteiger partial charge in [-0.15, -0.1) is 0 Å². The zero-order valence-electron chi connectivity index (χ0n) is 17.0. The monoisotopic (exact) mass is 582 g/mol. The second-order valence-corrected chi connectivity index (χ2v) is 9.77. The largest absolute Gasteiger partial charge is 0.444 e. The van der Waals surface area contributed by atoms with Crippen LogP contribution in [0, 0.1) is 0 Å². The summed E-state index contributed by atoms with van der Waals surface area (Å²) in [7, 11) is 0. The Morgan fingerprint density at radius 3 is 1.66 bits per heavy atom. The van der Waals surface area contributed by atoms with Crippen molar-refractivity contribution in [1.29, 1.82) is 0 Å². The summed E-state index contributed by atoms with van der Waals surface area (Å²) >= 11 is 39.7. The lowest BCUT2D eigenvalue weighted by molar-refractivity contribution is 0.0240. The van der Waals surface area contributed by atoms with Crippen molar-refractivity contribution < 1.29 is 9.53 Å². The maximum atomic E-state index is 12.0. The Bertz CT molecular complexity index is 958. The fourth-order valence-electron chi connectivity index (χ4n) is 2.39. The van der Waals surface area contributed by atoms with Gasteiger partial charge in [0.1, 0.15) is 15.6 Å². The lowest BCUT2D eigenvalue weighted by atomic mass is 10.2. The van der Waals surface area contributed by atoms with Gasteiger partial charge < -0.3 is 14.5 Å². The van der Waals surface area contributed by atoms with Crippen LogP contribution < -0.4 is 4.90 Å². The third-order valence-corrected chi connectivity index (χ3v) is 5.89. The summed E-state index contributed by atoms with van der Waals surface area (Å²) in [5, 5.41) is 0.646. The Morgan fingerprint density at radius 2 is 1.19 bits per heavy atom. The zero-order valence-corrected chi connectivity index (χ0v) is 22.3. The van der Waals surface area contributed by atoms with Crippen LogP contribution in [0.15, 0.2) is 0 Å². The van der Waals surface area contributed by atoms with Crippen molar-refractivity contribution in [1.82, 2.24) is 24.8 Å². The molecule has 1 amide bonds. The number of aromatic nitrogens is 4. The smallest absolute Gasteiger partial charge is 0.410 e. The second kappa shape index (κ2) is 11.6. The number of hydrogen-bond donors (Lipinski definition) is 0. The summed E-state index contributed by atoms with van der Waals surface area (Å²) in [5.74, 6) is 0.482. The average molecular weight is 586 g/mol. The minimum Gasteiger partial charge on any atom is -0.444 e. The van der Waals surface area contributed by atoms with E-state index in [4.69, 9.17) is 85.9 Å². The van der Waals surface area contributed by atoms with E-state index in [9.17, 15) is 4.79 Å². The first-order chi connectivity index (χ1) is 14.8. The molecule has 2 aromatic rings. The first-order valence-electron chi connectivity index (χ1n) is 8.94. The van der Waals surface area contributed by atoms with Crippen LogP contribution in [-0.2, 0) is 4.74 Å².